The summed E-state index contributed by atoms with van der Waals surface area (Å²) in [6, 6.07) is 9.48. The molecule has 1 aromatic heterocycles. The van der Waals surface area contributed by atoms with Crippen LogP contribution in [-0.2, 0) is 47.7 Å². The summed E-state index contributed by atoms with van der Waals surface area (Å²) in [6.45, 7) is 4.14. The molecule has 0 bridgehead atoms. The van der Waals surface area contributed by atoms with E-state index in [1.54, 1.807) is 0 Å². The van der Waals surface area contributed by atoms with Gasteiger partial charge in [-0.05, 0) is 0 Å². The monoisotopic (exact) mass is 605 g/mol. The van der Waals surface area contributed by atoms with E-state index >= 15 is 0 Å². The third-order valence-electron chi connectivity index (χ3n) is 5.77. The van der Waals surface area contributed by atoms with Gasteiger partial charge in [0.15, 0.2) is 29.7 Å². The van der Waals surface area contributed by atoms with Gasteiger partial charge in [-0.15, -0.1) is 11.3 Å². The number of aromatic nitrogens is 1. The Balaban J connectivity index is 1.74. The minimum Gasteiger partial charge on any atom is -0.463 e. The van der Waals surface area contributed by atoms with E-state index in [4.69, 9.17) is 23.7 Å². The molecule has 3 heterocycles. The van der Waals surface area contributed by atoms with Gasteiger partial charge in [0.05, 0.1) is 11.4 Å². The molecule has 13 nitrogen and oxygen atoms in total. The van der Waals surface area contributed by atoms with Crippen molar-refractivity contribution < 1.29 is 47.7 Å². The smallest absolute Gasteiger partial charge is 0.303 e. The molecule has 41 heavy (non-hydrogen) atoms. The van der Waals surface area contributed by atoms with Gasteiger partial charge in [0.1, 0.15) is 12.7 Å². The summed E-state index contributed by atoms with van der Waals surface area (Å²) in [5, 5.41) is 2.39. The number of esters is 4. The van der Waals surface area contributed by atoms with Crippen molar-refractivity contribution in [2.45, 2.75) is 58.3 Å². The number of thiazole rings is 1. The lowest BCUT2D eigenvalue weighted by molar-refractivity contribution is -0.268. The molecule has 5 unspecified atom stereocenters. The van der Waals surface area contributed by atoms with E-state index in [-0.39, 0.29) is 10.9 Å². The molecule has 0 N–H and O–H groups in total. The highest BCUT2D eigenvalue weighted by Crippen LogP contribution is 2.36. The Kier molecular flexibility index (Phi) is 9.73. The fraction of sp³-hybridized carbons (Fsp3) is 0.423. The molecule has 218 valence electrons. The maximum absolute atomic E-state index is 13.2. The second-order valence-electron chi connectivity index (χ2n) is 8.92. The van der Waals surface area contributed by atoms with Crippen LogP contribution in [0.15, 0.2) is 40.7 Å². The van der Waals surface area contributed by atoms with Crippen molar-refractivity contribution in [3.05, 3.63) is 35.7 Å². The lowest BCUT2D eigenvalue weighted by Crippen LogP contribution is -2.66. The lowest BCUT2D eigenvalue weighted by Gasteiger charge is -2.46. The molecule has 0 saturated carbocycles. The molecule has 2 aliphatic rings. The maximum atomic E-state index is 13.2. The number of benzene rings is 1. The number of thioether (sulfide) groups is 1. The molecule has 15 heteroatoms. The lowest BCUT2D eigenvalue weighted by atomic mass is 9.96. The molecule has 0 radical (unpaired) electrons. The number of rotatable bonds is 8. The highest BCUT2D eigenvalue weighted by Gasteiger charge is 2.56. The Hall–Kier alpha value is -3.82. The van der Waals surface area contributed by atoms with Crippen molar-refractivity contribution in [2.24, 2.45) is 4.99 Å². The van der Waals surface area contributed by atoms with Crippen molar-refractivity contribution in [3.8, 4) is 11.3 Å². The number of nitrogens with zero attached hydrogens (tertiary/aromatic N) is 3. The molecule has 2 aromatic rings. The van der Waals surface area contributed by atoms with E-state index in [1.165, 1.54) is 23.2 Å². The zero-order valence-electron chi connectivity index (χ0n) is 22.5. The van der Waals surface area contributed by atoms with Gasteiger partial charge in [0, 0.05) is 38.6 Å². The number of amidine groups is 1. The molecular weight excluding hydrogens is 578 g/mol. The summed E-state index contributed by atoms with van der Waals surface area (Å²) in [7, 11) is 0. The molecule has 1 amide bonds. The van der Waals surface area contributed by atoms with Gasteiger partial charge in [-0.2, -0.15) is 4.99 Å². The van der Waals surface area contributed by atoms with E-state index < -0.39 is 67.0 Å². The number of carbonyl (C=O) groups excluding carboxylic acids is 5. The van der Waals surface area contributed by atoms with Gasteiger partial charge in [0.25, 0.3) is 0 Å². The third-order valence-corrected chi connectivity index (χ3v) is 7.45. The standard InChI is InChI=1S/C26H27N3O10S2/c1-13(30)35-10-19-21(36-14(2)31)22(37-15(3)32)23(38-16(4)33)24(39-19)29-20(34)12-41-26(29)28-25-27-18(11-40-25)17-8-6-5-7-9-17/h5-9,11,19,21-24H,10,12H2,1-4H3/b28-26-. The first-order valence-electron chi connectivity index (χ1n) is 12.4. The van der Waals surface area contributed by atoms with Crippen LogP contribution in [0.2, 0.25) is 0 Å². The zero-order valence-corrected chi connectivity index (χ0v) is 24.1. The number of hydrogen-bond donors (Lipinski definition) is 0. The average molecular weight is 606 g/mol. The Morgan fingerprint density at radius 1 is 0.951 bits per heavy atom. The Labute approximate surface area is 243 Å². The van der Waals surface area contributed by atoms with Crippen LogP contribution in [0.5, 0.6) is 0 Å². The molecule has 2 aliphatic heterocycles. The number of carbonyl (C=O) groups is 5. The number of aliphatic imine (C=N–C) groups is 1. The van der Waals surface area contributed by atoms with Crippen molar-refractivity contribution >= 4 is 63.2 Å². The van der Waals surface area contributed by atoms with Crippen molar-refractivity contribution in [3.63, 3.8) is 0 Å². The van der Waals surface area contributed by atoms with Crippen molar-refractivity contribution in [1.29, 1.82) is 0 Å². The van der Waals surface area contributed by atoms with Gasteiger partial charge < -0.3 is 23.7 Å². The van der Waals surface area contributed by atoms with Crippen LogP contribution in [-0.4, -0.2) is 87.8 Å². The fourth-order valence-electron chi connectivity index (χ4n) is 4.26. The number of amides is 1. The fourth-order valence-corrected chi connectivity index (χ4v) is 5.90. The van der Waals surface area contributed by atoms with Crippen molar-refractivity contribution in [1.82, 2.24) is 9.88 Å². The molecule has 0 aliphatic carbocycles. The minimum atomic E-state index is -1.43. The summed E-state index contributed by atoms with van der Waals surface area (Å²) < 4.78 is 27.6. The van der Waals surface area contributed by atoms with Crippen LogP contribution in [0.25, 0.3) is 11.3 Å². The molecule has 0 spiro atoms. The average Bonchev–Trinajstić information content (AvgIpc) is 3.52. The largest absolute Gasteiger partial charge is 0.463 e. The predicted octanol–water partition coefficient (Wildman–Crippen LogP) is 2.46. The number of ether oxygens (including phenoxy) is 5. The molecule has 4 rings (SSSR count). The first-order chi connectivity index (χ1) is 19.5. The van der Waals surface area contributed by atoms with Gasteiger partial charge in [-0.1, -0.05) is 42.1 Å². The van der Waals surface area contributed by atoms with Gasteiger partial charge in [0.2, 0.25) is 11.0 Å². The van der Waals surface area contributed by atoms with Gasteiger partial charge in [-0.3, -0.25) is 28.9 Å². The second kappa shape index (κ2) is 13.2. The van der Waals surface area contributed by atoms with Crippen molar-refractivity contribution in [2.75, 3.05) is 12.4 Å². The van der Waals surface area contributed by atoms with Crippen LogP contribution in [0.4, 0.5) is 5.13 Å². The highest BCUT2D eigenvalue weighted by atomic mass is 32.2. The second-order valence-corrected chi connectivity index (χ2v) is 10.7. The van der Waals surface area contributed by atoms with Crippen LogP contribution in [0, 0.1) is 0 Å². The molecule has 2 fully saturated rings. The minimum absolute atomic E-state index is 0.0113. The molecule has 1 aromatic carbocycles. The van der Waals surface area contributed by atoms with Crippen LogP contribution >= 0.6 is 23.1 Å². The predicted molar refractivity (Wildman–Crippen MR) is 146 cm³/mol. The van der Waals surface area contributed by atoms with E-state index in [1.807, 2.05) is 35.7 Å². The third kappa shape index (κ3) is 7.48. The van der Waals surface area contributed by atoms with E-state index in [0.29, 0.717) is 10.8 Å². The van der Waals surface area contributed by atoms with Gasteiger partial charge in [-0.25, -0.2) is 4.98 Å². The molecular formula is C26H27N3O10S2. The van der Waals surface area contributed by atoms with Crippen LogP contribution < -0.4 is 0 Å². The highest BCUT2D eigenvalue weighted by molar-refractivity contribution is 8.15. The van der Waals surface area contributed by atoms with Gasteiger partial charge >= 0.3 is 23.9 Å². The summed E-state index contributed by atoms with van der Waals surface area (Å²) in [6.07, 6.45) is -6.77. The Bertz CT molecular complexity index is 1350. The summed E-state index contributed by atoms with van der Waals surface area (Å²) in [5.74, 6) is -3.39. The van der Waals surface area contributed by atoms with Crippen LogP contribution in [0.1, 0.15) is 27.7 Å². The van der Waals surface area contributed by atoms with E-state index in [0.717, 1.165) is 38.1 Å². The molecule has 5 atom stereocenters. The first-order valence-corrected chi connectivity index (χ1v) is 14.2. The first kappa shape index (κ1) is 30.1. The normalized spacial score (nSPS) is 25.1. The quantitative estimate of drug-likeness (QED) is 0.320. The summed E-state index contributed by atoms with van der Waals surface area (Å²) in [5.41, 5.74) is 1.59. The topological polar surface area (TPSA) is 160 Å². The summed E-state index contributed by atoms with van der Waals surface area (Å²) >= 11 is 2.37. The SMILES string of the molecule is CC(=O)OCC1OC(N2C(=O)CS/C2=N\c2nc(-c3ccccc3)cs2)C(OC(C)=O)C(OC(C)=O)C1OC(C)=O. The summed E-state index contributed by atoms with van der Waals surface area (Å²) in [4.78, 5) is 71.4. The maximum Gasteiger partial charge on any atom is 0.303 e. The zero-order chi connectivity index (χ0) is 29.7. The van der Waals surface area contributed by atoms with E-state index in [9.17, 15) is 24.0 Å². The Morgan fingerprint density at radius 3 is 2.22 bits per heavy atom. The van der Waals surface area contributed by atoms with Crippen LogP contribution in [0.3, 0.4) is 0 Å². The molecule has 2 saturated heterocycles. The van der Waals surface area contributed by atoms with E-state index in [2.05, 4.69) is 9.98 Å². The Morgan fingerprint density at radius 2 is 1.59 bits per heavy atom. The number of hydrogen-bond acceptors (Lipinski definition) is 14.